The van der Waals surface area contributed by atoms with Crippen molar-refractivity contribution in [3.63, 3.8) is 0 Å². The summed E-state index contributed by atoms with van der Waals surface area (Å²) < 4.78 is 57.0. The topological polar surface area (TPSA) is 158 Å². The number of hydrogen-bond donors (Lipinski definition) is 1. The number of benzene rings is 3. The number of nitrogens with one attached hydrogen (secondary N) is 1. The first-order valence-corrected chi connectivity index (χ1v) is 20.5. The van der Waals surface area contributed by atoms with Gasteiger partial charge in [-0.2, -0.15) is 18.4 Å². The van der Waals surface area contributed by atoms with Crippen LogP contribution >= 0.6 is 12.2 Å². The number of piperidine rings is 2. The van der Waals surface area contributed by atoms with E-state index in [2.05, 4.69) is 15.1 Å². The van der Waals surface area contributed by atoms with E-state index in [9.17, 15) is 47.2 Å². The number of nitriles is 1. The summed E-state index contributed by atoms with van der Waals surface area (Å²) in [6.07, 6.45) is -3.00. The molecule has 3 aromatic carbocycles. The quantitative estimate of drug-likeness (QED) is 0.199. The molecule has 19 heteroatoms. The molecule has 5 aliphatic rings. The number of thiocarbonyl (C=S) groups is 1. The normalized spacial score (nSPS) is 21.2. The van der Waals surface area contributed by atoms with Crippen LogP contribution < -0.4 is 20.0 Å². The molecule has 5 heterocycles. The maximum Gasteiger partial charge on any atom is 0.417 e. The van der Waals surface area contributed by atoms with Gasteiger partial charge in [-0.25, -0.2) is 4.39 Å². The second kappa shape index (κ2) is 15.9. The molecule has 0 aliphatic carbocycles. The lowest BCUT2D eigenvalue weighted by molar-refractivity contribution is -0.138. The Hall–Kier alpha value is -6.26. The third-order valence-corrected chi connectivity index (χ3v) is 12.7. The van der Waals surface area contributed by atoms with Crippen molar-refractivity contribution in [2.75, 3.05) is 60.5 Å². The molecule has 62 heavy (non-hydrogen) atoms. The largest absolute Gasteiger partial charge is 0.417 e. The van der Waals surface area contributed by atoms with E-state index >= 15 is 4.39 Å². The van der Waals surface area contributed by atoms with E-state index in [-0.39, 0.29) is 46.0 Å². The molecule has 0 spiro atoms. The van der Waals surface area contributed by atoms with Gasteiger partial charge in [0, 0.05) is 63.6 Å². The average molecular weight is 873 g/mol. The van der Waals surface area contributed by atoms with Gasteiger partial charge in [-0.3, -0.25) is 48.8 Å². The lowest BCUT2D eigenvalue weighted by atomic mass is 9.95. The molecular weight excluding hydrogens is 833 g/mol. The van der Waals surface area contributed by atoms with E-state index in [0.717, 1.165) is 60.1 Å². The first-order valence-electron chi connectivity index (χ1n) is 20.1. The Morgan fingerprint density at radius 1 is 0.855 bits per heavy atom. The van der Waals surface area contributed by atoms with Gasteiger partial charge >= 0.3 is 6.18 Å². The molecule has 14 nitrogen and oxygen atoms in total. The van der Waals surface area contributed by atoms with E-state index in [1.807, 2.05) is 0 Å². The minimum absolute atomic E-state index is 0.0446. The summed E-state index contributed by atoms with van der Waals surface area (Å²) in [5.74, 6) is -3.84. The van der Waals surface area contributed by atoms with Gasteiger partial charge < -0.3 is 14.7 Å². The lowest BCUT2D eigenvalue weighted by Gasteiger charge is -2.39. The highest BCUT2D eigenvalue weighted by Crippen LogP contribution is 2.40. The Kier molecular flexibility index (Phi) is 10.9. The zero-order chi connectivity index (χ0) is 44.4. The maximum absolute atomic E-state index is 15.8. The fourth-order valence-corrected chi connectivity index (χ4v) is 9.50. The Labute approximate surface area is 358 Å². The molecule has 3 aromatic rings. The summed E-state index contributed by atoms with van der Waals surface area (Å²) in [5, 5.41) is 11.2. The predicted molar refractivity (Wildman–Crippen MR) is 220 cm³/mol. The van der Waals surface area contributed by atoms with Gasteiger partial charge in [-0.1, -0.05) is 0 Å². The van der Waals surface area contributed by atoms with Crippen molar-refractivity contribution >= 4 is 69.8 Å². The molecule has 322 valence electrons. The highest BCUT2D eigenvalue weighted by atomic mass is 32.1. The molecule has 8 rings (SSSR count). The van der Waals surface area contributed by atoms with E-state index in [1.165, 1.54) is 43.0 Å². The Balaban J connectivity index is 0.850. The third-order valence-electron chi connectivity index (χ3n) is 12.4. The van der Waals surface area contributed by atoms with Gasteiger partial charge in [0.2, 0.25) is 11.8 Å². The first kappa shape index (κ1) is 42.4. The van der Waals surface area contributed by atoms with Crippen LogP contribution in [0.1, 0.15) is 81.7 Å². The Morgan fingerprint density at radius 3 is 2.16 bits per heavy atom. The van der Waals surface area contributed by atoms with Crippen LogP contribution in [0.25, 0.3) is 0 Å². The predicted octanol–water partition coefficient (Wildman–Crippen LogP) is 4.71. The molecule has 1 atom stereocenters. The second-order valence-electron chi connectivity index (χ2n) is 16.5. The average Bonchev–Trinajstić information content (AvgIpc) is 3.59. The van der Waals surface area contributed by atoms with Crippen LogP contribution in [0.4, 0.5) is 34.6 Å². The lowest BCUT2D eigenvalue weighted by Crippen LogP contribution is -2.54. The fraction of sp³-hybridized carbons (Fsp3) is 0.395. The van der Waals surface area contributed by atoms with E-state index < -0.39 is 70.1 Å². The maximum atomic E-state index is 15.8. The molecule has 1 unspecified atom stereocenters. The number of carbonyl (C=O) groups excluding carboxylic acids is 6. The molecule has 0 saturated carbocycles. The summed E-state index contributed by atoms with van der Waals surface area (Å²) in [5.41, 5.74) is -2.27. The zero-order valence-corrected chi connectivity index (χ0v) is 34.4. The van der Waals surface area contributed by atoms with Crippen molar-refractivity contribution in [2.45, 2.75) is 57.3 Å². The fourth-order valence-electron chi connectivity index (χ4n) is 8.97. The van der Waals surface area contributed by atoms with Gasteiger partial charge in [-0.15, -0.1) is 0 Å². The van der Waals surface area contributed by atoms with Gasteiger partial charge in [-0.05, 0) is 106 Å². The highest BCUT2D eigenvalue weighted by molar-refractivity contribution is 7.81. The molecule has 4 fully saturated rings. The van der Waals surface area contributed by atoms with E-state index in [1.54, 1.807) is 23.1 Å². The minimum Gasteiger partial charge on any atom is -0.371 e. The van der Waals surface area contributed by atoms with Crippen LogP contribution in [0.3, 0.4) is 0 Å². The summed E-state index contributed by atoms with van der Waals surface area (Å²) in [6.45, 7) is 7.13. The summed E-state index contributed by atoms with van der Waals surface area (Å²) in [6, 6.07) is 12.3. The molecule has 5 aliphatic heterocycles. The summed E-state index contributed by atoms with van der Waals surface area (Å²) >= 11 is 5.57. The third kappa shape index (κ3) is 7.44. The second-order valence-corrected chi connectivity index (χ2v) is 16.9. The van der Waals surface area contributed by atoms with Crippen LogP contribution in [0, 0.1) is 23.1 Å². The van der Waals surface area contributed by atoms with Gasteiger partial charge in [0.1, 0.15) is 17.4 Å². The van der Waals surface area contributed by atoms with Gasteiger partial charge in [0.25, 0.3) is 23.6 Å². The molecule has 0 radical (unpaired) electrons. The number of rotatable bonds is 7. The molecule has 0 bridgehead atoms. The zero-order valence-electron chi connectivity index (χ0n) is 33.6. The van der Waals surface area contributed by atoms with Crippen molar-refractivity contribution in [1.82, 2.24) is 20.0 Å². The van der Waals surface area contributed by atoms with Crippen molar-refractivity contribution < 1.29 is 46.3 Å². The Morgan fingerprint density at radius 2 is 1.52 bits per heavy atom. The van der Waals surface area contributed by atoms with Crippen LogP contribution in [0.15, 0.2) is 54.6 Å². The molecule has 1 N–H and O–H groups in total. The monoisotopic (exact) mass is 872 g/mol. The number of nitrogens with zero attached hydrogens (tertiary/aromatic N) is 7. The van der Waals surface area contributed by atoms with Crippen molar-refractivity contribution in [3.05, 3.63) is 88.2 Å². The number of fused-ring (bicyclic) bond motifs is 1. The van der Waals surface area contributed by atoms with Crippen LogP contribution in [-0.2, 0) is 20.6 Å². The molecule has 4 saturated heterocycles. The van der Waals surface area contributed by atoms with E-state index in [4.69, 9.17) is 12.2 Å². The molecule has 0 aromatic heterocycles. The minimum atomic E-state index is -4.87. The summed E-state index contributed by atoms with van der Waals surface area (Å²) in [4.78, 5) is 86.9. The number of halogens is 4. The number of imide groups is 2. The van der Waals surface area contributed by atoms with Crippen molar-refractivity contribution in [3.8, 4) is 6.07 Å². The van der Waals surface area contributed by atoms with Crippen molar-refractivity contribution in [2.24, 2.45) is 5.92 Å². The molecular formula is C43H40F4N8O6S. The SMILES string of the molecule is CC1(C)C(=O)N(c2ccc(C#N)c(C(F)(F)F)c2)C(=S)N1c1ccc(C(=O)N2CCN(CC3CCN(c4ccc5c(c4)C(=O)N(C4CCC(=O)NC4=O)C5=O)CC3)CC2)c(F)c1. The molecule has 6 amide bonds. The van der Waals surface area contributed by atoms with E-state index in [0.29, 0.717) is 38.2 Å². The van der Waals surface area contributed by atoms with Crippen molar-refractivity contribution in [1.29, 1.82) is 5.26 Å². The Bertz CT molecular complexity index is 2490. The van der Waals surface area contributed by atoms with Gasteiger partial charge in [0.05, 0.1) is 39.6 Å². The number of amides is 6. The first-order chi connectivity index (χ1) is 29.4. The number of piperazine rings is 1. The van der Waals surface area contributed by atoms with Gasteiger partial charge in [0.15, 0.2) is 5.11 Å². The number of anilines is 3. The van der Waals surface area contributed by atoms with Crippen LogP contribution in [-0.4, -0.2) is 113 Å². The number of carbonyl (C=O) groups is 6. The summed E-state index contributed by atoms with van der Waals surface area (Å²) in [7, 11) is 0. The number of alkyl halides is 3. The standard InChI is InChI=1S/C43H40F4N8O6S/c1-42(2)40(61)53(27-4-3-25(22-48)32(20-27)43(45,46)47)41(62)55(42)28-6-8-30(33(44)21-28)37(58)52-17-15-50(16-18-52)23-24-11-13-51(14-12-24)26-5-7-29-31(19-26)39(60)54(38(29)59)34-9-10-35(56)49-36(34)57/h3-8,19-21,24,34H,9-18,23H2,1-2H3,(H,49,56,57). The van der Waals surface area contributed by atoms with Crippen LogP contribution in [0.2, 0.25) is 0 Å². The number of hydrogen-bond acceptors (Lipinski definition) is 10. The van der Waals surface area contributed by atoms with Crippen LogP contribution in [0.5, 0.6) is 0 Å². The smallest absolute Gasteiger partial charge is 0.371 e. The highest BCUT2D eigenvalue weighted by Gasteiger charge is 2.51.